The van der Waals surface area contributed by atoms with E-state index in [1.54, 1.807) is 18.3 Å². The van der Waals surface area contributed by atoms with E-state index in [-0.39, 0.29) is 10.8 Å². The van der Waals surface area contributed by atoms with Crippen molar-refractivity contribution in [3.8, 4) is 0 Å². The van der Waals surface area contributed by atoms with Crippen LogP contribution in [0.1, 0.15) is 44.1 Å². The zero-order valence-corrected chi connectivity index (χ0v) is 17.0. The number of thiazole rings is 1. The molecule has 1 heterocycles. The average molecular weight is 405 g/mol. The maximum Gasteiger partial charge on any atom is 0.237 e. The third-order valence-corrected chi connectivity index (χ3v) is 7.91. The van der Waals surface area contributed by atoms with E-state index in [2.05, 4.69) is 10.3 Å². The second-order valence-corrected chi connectivity index (χ2v) is 10.7. The summed E-state index contributed by atoms with van der Waals surface area (Å²) < 4.78 is 23.6. The number of carbonyl (C=O) groups excluding carboxylic acids is 1. The second-order valence-electron chi connectivity index (χ2n) is 7.77. The van der Waals surface area contributed by atoms with Gasteiger partial charge in [0.2, 0.25) is 5.91 Å². The number of amides is 1. The number of anilines is 1. The van der Waals surface area contributed by atoms with Gasteiger partial charge in [-0.25, -0.2) is 13.4 Å². The Balaban J connectivity index is 1.65. The van der Waals surface area contributed by atoms with Gasteiger partial charge in [0.05, 0.1) is 10.3 Å². The molecule has 0 radical (unpaired) electrons. The molecule has 2 aliphatic rings. The van der Waals surface area contributed by atoms with E-state index in [1.165, 1.54) is 49.7 Å². The smallest absolute Gasteiger partial charge is 0.237 e. The van der Waals surface area contributed by atoms with E-state index in [9.17, 15) is 13.2 Å². The molecule has 1 aromatic heterocycles. The first-order valence-corrected chi connectivity index (χ1v) is 12.2. The summed E-state index contributed by atoms with van der Waals surface area (Å²) in [5.41, 5.74) is 0.350. The number of nitrogens with zero attached hydrogens (tertiary/aromatic N) is 1. The summed E-state index contributed by atoms with van der Waals surface area (Å²) in [4.78, 5) is 17.7. The maximum absolute atomic E-state index is 13.3. The summed E-state index contributed by atoms with van der Waals surface area (Å²) >= 11 is 1.41. The van der Waals surface area contributed by atoms with Gasteiger partial charge in [0.1, 0.15) is 0 Å². The van der Waals surface area contributed by atoms with Gasteiger partial charge in [-0.2, -0.15) is 0 Å². The molecule has 0 aliphatic heterocycles. The van der Waals surface area contributed by atoms with E-state index in [0.717, 1.165) is 12.0 Å². The molecule has 0 bridgehead atoms. The molecule has 7 heteroatoms. The van der Waals surface area contributed by atoms with Crippen LogP contribution in [0.3, 0.4) is 0 Å². The first kappa shape index (κ1) is 18.6. The van der Waals surface area contributed by atoms with Crippen molar-refractivity contribution in [2.45, 2.75) is 48.8 Å². The van der Waals surface area contributed by atoms with Gasteiger partial charge in [-0.15, -0.1) is 11.3 Å². The number of nitrogens with one attached hydrogen (secondary N) is 1. The predicted molar refractivity (Wildman–Crippen MR) is 107 cm³/mol. The molecule has 1 aromatic carbocycles. The van der Waals surface area contributed by atoms with Crippen molar-refractivity contribution in [3.05, 3.63) is 41.4 Å². The average Bonchev–Trinajstić information content (AvgIpc) is 3.23. The maximum atomic E-state index is 13.3. The highest BCUT2D eigenvalue weighted by atomic mass is 32.2. The third kappa shape index (κ3) is 3.55. The van der Waals surface area contributed by atoms with Crippen LogP contribution in [0.15, 0.2) is 40.7 Å². The van der Waals surface area contributed by atoms with Crippen molar-refractivity contribution in [3.63, 3.8) is 0 Å². The molecule has 2 fully saturated rings. The first-order valence-electron chi connectivity index (χ1n) is 9.43. The van der Waals surface area contributed by atoms with Crippen LogP contribution in [0, 0.1) is 11.8 Å². The Labute approximate surface area is 164 Å². The molecule has 1 amide bonds. The van der Waals surface area contributed by atoms with Crippen molar-refractivity contribution < 1.29 is 13.2 Å². The van der Waals surface area contributed by atoms with Crippen LogP contribution in [-0.4, -0.2) is 25.6 Å². The van der Waals surface area contributed by atoms with Crippen LogP contribution in [-0.2, 0) is 20.0 Å². The minimum Gasteiger partial charge on any atom is -0.301 e. The molecular weight excluding hydrogens is 380 g/mol. The largest absolute Gasteiger partial charge is 0.301 e. The predicted octanol–water partition coefficient (Wildman–Crippen LogP) is 4.02. The normalized spacial score (nSPS) is 25.9. The molecule has 0 saturated heterocycles. The lowest BCUT2D eigenvalue weighted by Crippen LogP contribution is -2.32. The van der Waals surface area contributed by atoms with Crippen molar-refractivity contribution in [2.75, 3.05) is 11.6 Å². The molecule has 144 valence electrons. The number of sulfone groups is 1. The first-order chi connectivity index (χ1) is 12.9. The Hall–Kier alpha value is -1.73. The van der Waals surface area contributed by atoms with Crippen molar-refractivity contribution in [1.82, 2.24) is 4.98 Å². The monoisotopic (exact) mass is 404 g/mol. The molecule has 2 aliphatic carbocycles. The molecule has 1 N–H and O–H groups in total. The van der Waals surface area contributed by atoms with Crippen LogP contribution in [0.5, 0.6) is 0 Å². The minimum atomic E-state index is -3.25. The van der Waals surface area contributed by atoms with E-state index >= 15 is 0 Å². The van der Waals surface area contributed by atoms with Gasteiger partial charge in [0.25, 0.3) is 0 Å². The van der Waals surface area contributed by atoms with E-state index in [1.807, 2.05) is 17.5 Å². The second kappa shape index (κ2) is 7.02. The standard InChI is InChI=1S/C20H24N2O3S2/c1-27(24,25)16-9-7-15(8-10-16)20(18(23)22-19-21-11-12-26-19)13-17(20)14-5-3-2-4-6-14/h7-12,14,17H,2-6,13H2,1H3,(H,21,22,23)/t17-,20-/m1/s1. The van der Waals surface area contributed by atoms with Crippen molar-refractivity contribution >= 4 is 32.2 Å². The summed E-state index contributed by atoms with van der Waals surface area (Å²) in [5.74, 6) is 0.873. The lowest BCUT2D eigenvalue weighted by Gasteiger charge is -2.25. The summed E-state index contributed by atoms with van der Waals surface area (Å²) in [6.45, 7) is 0. The Kier molecular flexibility index (Phi) is 4.84. The Morgan fingerprint density at radius 2 is 1.89 bits per heavy atom. The SMILES string of the molecule is CS(=O)(=O)c1ccc([C@]2(C(=O)Nc3nccs3)C[C@@H]2C2CCCCC2)cc1. The van der Waals surface area contributed by atoms with Gasteiger partial charge in [-0.05, 0) is 36.0 Å². The van der Waals surface area contributed by atoms with Gasteiger partial charge >= 0.3 is 0 Å². The summed E-state index contributed by atoms with van der Waals surface area (Å²) in [6, 6.07) is 6.89. The zero-order chi connectivity index (χ0) is 19.1. The highest BCUT2D eigenvalue weighted by Crippen LogP contribution is 2.61. The minimum absolute atomic E-state index is 0.0138. The number of benzene rings is 1. The van der Waals surface area contributed by atoms with Crippen LogP contribution in [0.4, 0.5) is 5.13 Å². The molecular formula is C20H24N2O3S2. The van der Waals surface area contributed by atoms with Crippen molar-refractivity contribution in [2.24, 2.45) is 11.8 Å². The lowest BCUT2D eigenvalue weighted by molar-refractivity contribution is -0.119. The zero-order valence-electron chi connectivity index (χ0n) is 15.3. The fraction of sp³-hybridized carbons (Fsp3) is 0.500. The quantitative estimate of drug-likeness (QED) is 0.816. The van der Waals surface area contributed by atoms with Gasteiger partial charge < -0.3 is 5.32 Å². The van der Waals surface area contributed by atoms with Gasteiger partial charge in [-0.3, -0.25) is 4.79 Å². The van der Waals surface area contributed by atoms with E-state index in [0.29, 0.717) is 17.0 Å². The Morgan fingerprint density at radius 3 is 2.48 bits per heavy atom. The summed E-state index contributed by atoms with van der Waals surface area (Å²) in [6.07, 6.45) is 9.82. The molecule has 2 aromatic rings. The topological polar surface area (TPSA) is 76.1 Å². The molecule has 0 unspecified atom stereocenters. The third-order valence-electron chi connectivity index (χ3n) is 6.09. The Morgan fingerprint density at radius 1 is 1.19 bits per heavy atom. The number of hydrogen-bond acceptors (Lipinski definition) is 5. The molecule has 4 rings (SSSR count). The number of aromatic nitrogens is 1. The fourth-order valence-corrected chi connectivity index (χ4v) is 5.77. The number of carbonyl (C=O) groups is 1. The molecule has 5 nitrogen and oxygen atoms in total. The fourth-order valence-electron chi connectivity index (χ4n) is 4.61. The van der Waals surface area contributed by atoms with E-state index < -0.39 is 15.3 Å². The highest BCUT2D eigenvalue weighted by molar-refractivity contribution is 7.90. The highest BCUT2D eigenvalue weighted by Gasteiger charge is 2.63. The summed E-state index contributed by atoms with van der Waals surface area (Å²) in [7, 11) is -3.25. The molecule has 0 spiro atoms. The van der Waals surface area contributed by atoms with Crippen LogP contribution in [0.2, 0.25) is 0 Å². The number of rotatable bonds is 5. The lowest BCUT2D eigenvalue weighted by atomic mass is 9.80. The Bertz CT molecular complexity index is 917. The molecule has 2 saturated carbocycles. The molecule has 2 atom stereocenters. The number of hydrogen-bond donors (Lipinski definition) is 1. The van der Waals surface area contributed by atoms with Gasteiger partial charge in [0, 0.05) is 17.8 Å². The van der Waals surface area contributed by atoms with Crippen molar-refractivity contribution in [1.29, 1.82) is 0 Å². The van der Waals surface area contributed by atoms with Crippen LogP contribution in [0.25, 0.3) is 0 Å². The van der Waals surface area contributed by atoms with Gasteiger partial charge in [-0.1, -0.05) is 44.2 Å². The molecule has 27 heavy (non-hydrogen) atoms. The summed E-state index contributed by atoms with van der Waals surface area (Å²) in [5, 5.41) is 5.44. The van der Waals surface area contributed by atoms with E-state index in [4.69, 9.17) is 0 Å². The van der Waals surface area contributed by atoms with Crippen LogP contribution < -0.4 is 5.32 Å². The van der Waals surface area contributed by atoms with Gasteiger partial charge in [0.15, 0.2) is 15.0 Å². The van der Waals surface area contributed by atoms with Crippen LogP contribution >= 0.6 is 11.3 Å².